The summed E-state index contributed by atoms with van der Waals surface area (Å²) >= 11 is 1.18. The predicted molar refractivity (Wildman–Crippen MR) is 126 cm³/mol. The molecule has 0 atom stereocenters. The molecule has 0 aliphatic heterocycles. The smallest absolute Gasteiger partial charge is 0.264 e. The first-order chi connectivity index (χ1) is 15.8. The second-order valence-corrected chi connectivity index (χ2v) is 9.97. The van der Waals surface area contributed by atoms with E-state index in [0.29, 0.717) is 5.01 Å². The lowest BCUT2D eigenvalue weighted by atomic mass is 10.2. The van der Waals surface area contributed by atoms with Gasteiger partial charge in [0.15, 0.2) is 0 Å². The zero-order valence-corrected chi connectivity index (χ0v) is 19.1. The molecule has 0 saturated heterocycles. The number of nitrogens with zero attached hydrogens (tertiary/aromatic N) is 3. The summed E-state index contributed by atoms with van der Waals surface area (Å²) in [6.45, 7) is 1.45. The largest absolute Gasteiger partial charge is 0.299 e. The summed E-state index contributed by atoms with van der Waals surface area (Å²) in [5.41, 5.74) is 2.13. The van der Waals surface area contributed by atoms with Crippen LogP contribution in [-0.2, 0) is 14.8 Å². The molecule has 7 nitrogen and oxygen atoms in total. The minimum absolute atomic E-state index is 0.0136. The van der Waals surface area contributed by atoms with Crippen LogP contribution in [0.1, 0.15) is 5.56 Å². The van der Waals surface area contributed by atoms with Crippen molar-refractivity contribution in [2.75, 3.05) is 16.2 Å². The average Bonchev–Trinajstić information content (AvgIpc) is 3.27. The number of hydrogen-bond acceptors (Lipinski definition) is 6. The fourth-order valence-corrected chi connectivity index (χ4v) is 5.23. The maximum absolute atomic E-state index is 13.4. The van der Waals surface area contributed by atoms with Crippen molar-refractivity contribution in [2.45, 2.75) is 11.8 Å². The number of carbonyl (C=O) groups is 1. The zero-order valence-electron chi connectivity index (χ0n) is 17.5. The number of aromatic nitrogens is 2. The standard InChI is InChI=1S/C23H19FN4O3S2/c1-16-7-9-17(10-8-16)22-26-27-23(32-22)25-21(29)15-28(19-13-11-18(24)12-14-19)33(30,31)20-5-3-2-4-6-20/h2-14H,15H2,1H3,(H,25,27,29). The van der Waals surface area contributed by atoms with Crippen LogP contribution in [0.15, 0.2) is 83.8 Å². The summed E-state index contributed by atoms with van der Waals surface area (Å²) in [6, 6.07) is 20.3. The van der Waals surface area contributed by atoms with E-state index >= 15 is 0 Å². The number of sulfonamides is 1. The molecule has 4 aromatic rings. The Morgan fingerprint density at radius 2 is 1.64 bits per heavy atom. The Hall–Kier alpha value is -3.63. The number of hydrogen-bond donors (Lipinski definition) is 1. The van der Waals surface area contributed by atoms with E-state index in [2.05, 4.69) is 15.5 Å². The van der Waals surface area contributed by atoms with Crippen LogP contribution in [0.4, 0.5) is 15.2 Å². The number of anilines is 2. The van der Waals surface area contributed by atoms with Gasteiger partial charge in [0.2, 0.25) is 11.0 Å². The van der Waals surface area contributed by atoms with Crippen LogP contribution in [0.5, 0.6) is 0 Å². The number of benzene rings is 3. The lowest BCUT2D eigenvalue weighted by Crippen LogP contribution is -2.38. The third kappa shape index (κ3) is 5.24. The first-order valence-electron chi connectivity index (χ1n) is 9.87. The van der Waals surface area contributed by atoms with Gasteiger partial charge in [0.1, 0.15) is 17.4 Å². The van der Waals surface area contributed by atoms with E-state index in [4.69, 9.17) is 0 Å². The van der Waals surface area contributed by atoms with Gasteiger partial charge in [-0.2, -0.15) is 0 Å². The molecule has 4 rings (SSSR count). The number of carbonyl (C=O) groups excluding carboxylic acids is 1. The molecule has 10 heteroatoms. The van der Waals surface area contributed by atoms with Crippen molar-refractivity contribution in [2.24, 2.45) is 0 Å². The molecule has 0 radical (unpaired) electrons. The molecule has 1 heterocycles. The van der Waals surface area contributed by atoms with Crippen molar-refractivity contribution in [1.82, 2.24) is 10.2 Å². The summed E-state index contributed by atoms with van der Waals surface area (Å²) in [4.78, 5) is 12.8. The van der Waals surface area contributed by atoms with Gasteiger partial charge >= 0.3 is 0 Å². The van der Waals surface area contributed by atoms with Crippen LogP contribution < -0.4 is 9.62 Å². The van der Waals surface area contributed by atoms with Crippen molar-refractivity contribution in [3.8, 4) is 10.6 Å². The van der Waals surface area contributed by atoms with Crippen molar-refractivity contribution in [3.05, 3.63) is 90.2 Å². The van der Waals surface area contributed by atoms with Crippen LogP contribution in [-0.4, -0.2) is 31.1 Å². The van der Waals surface area contributed by atoms with Crippen LogP contribution in [0, 0.1) is 12.7 Å². The van der Waals surface area contributed by atoms with Crippen molar-refractivity contribution in [3.63, 3.8) is 0 Å². The molecule has 1 N–H and O–H groups in total. The quantitative estimate of drug-likeness (QED) is 0.419. The molecule has 0 aliphatic carbocycles. The topological polar surface area (TPSA) is 92.3 Å². The number of aryl methyl sites for hydroxylation is 1. The highest BCUT2D eigenvalue weighted by molar-refractivity contribution is 7.92. The number of rotatable bonds is 7. The maximum Gasteiger partial charge on any atom is 0.264 e. The van der Waals surface area contributed by atoms with Gasteiger partial charge in [-0.3, -0.25) is 14.4 Å². The Balaban J connectivity index is 1.57. The third-order valence-corrected chi connectivity index (χ3v) is 7.38. The van der Waals surface area contributed by atoms with Crippen LogP contribution in [0.25, 0.3) is 10.6 Å². The van der Waals surface area contributed by atoms with E-state index in [1.165, 1.54) is 35.6 Å². The molecule has 3 aromatic carbocycles. The van der Waals surface area contributed by atoms with Crippen molar-refractivity contribution >= 4 is 38.1 Å². The van der Waals surface area contributed by atoms with Gasteiger partial charge < -0.3 is 0 Å². The molecule has 0 aliphatic rings. The summed E-state index contributed by atoms with van der Waals surface area (Å²) in [5, 5.41) is 11.5. The molecule has 1 aromatic heterocycles. The Kier molecular flexibility index (Phi) is 6.47. The summed E-state index contributed by atoms with van der Waals surface area (Å²) in [7, 11) is -4.08. The summed E-state index contributed by atoms with van der Waals surface area (Å²) in [5.74, 6) is -1.12. The van der Waals surface area contributed by atoms with E-state index in [1.54, 1.807) is 18.2 Å². The molecular formula is C23H19FN4O3S2. The summed E-state index contributed by atoms with van der Waals surface area (Å²) in [6.07, 6.45) is 0. The summed E-state index contributed by atoms with van der Waals surface area (Å²) < 4.78 is 40.9. The fourth-order valence-electron chi connectivity index (χ4n) is 3.02. The zero-order chi connectivity index (χ0) is 23.4. The van der Waals surface area contributed by atoms with Gasteiger partial charge in [-0.25, -0.2) is 12.8 Å². The van der Waals surface area contributed by atoms with Crippen LogP contribution in [0.2, 0.25) is 0 Å². The fraction of sp³-hybridized carbons (Fsp3) is 0.0870. The molecule has 168 valence electrons. The van der Waals surface area contributed by atoms with Gasteiger partial charge in [0, 0.05) is 5.56 Å². The van der Waals surface area contributed by atoms with Gasteiger partial charge in [-0.15, -0.1) is 10.2 Å². The molecule has 0 saturated carbocycles. The van der Waals surface area contributed by atoms with Crippen LogP contribution >= 0.6 is 11.3 Å². The molecule has 0 unspecified atom stereocenters. The lowest BCUT2D eigenvalue weighted by molar-refractivity contribution is -0.114. The normalized spacial score (nSPS) is 11.2. The maximum atomic E-state index is 13.4. The molecule has 1 amide bonds. The second-order valence-electron chi connectivity index (χ2n) is 7.13. The van der Waals surface area contributed by atoms with E-state index in [1.807, 2.05) is 31.2 Å². The van der Waals surface area contributed by atoms with Crippen molar-refractivity contribution < 1.29 is 17.6 Å². The molecule has 0 spiro atoms. The number of halogens is 1. The SMILES string of the molecule is Cc1ccc(-c2nnc(NC(=O)CN(c3ccc(F)cc3)S(=O)(=O)c3ccccc3)s2)cc1. The third-order valence-electron chi connectivity index (χ3n) is 4.70. The molecular weight excluding hydrogens is 463 g/mol. The molecule has 33 heavy (non-hydrogen) atoms. The van der Waals surface area contributed by atoms with Gasteiger partial charge in [-0.05, 0) is 43.3 Å². The van der Waals surface area contributed by atoms with E-state index in [0.717, 1.165) is 27.6 Å². The number of nitrogens with one attached hydrogen (secondary N) is 1. The first kappa shape index (κ1) is 22.6. The highest BCUT2D eigenvalue weighted by atomic mass is 32.2. The van der Waals surface area contributed by atoms with E-state index in [-0.39, 0.29) is 15.7 Å². The number of amides is 1. The van der Waals surface area contributed by atoms with Gasteiger partial charge in [0.05, 0.1) is 10.6 Å². The second kappa shape index (κ2) is 9.47. The van der Waals surface area contributed by atoms with Gasteiger partial charge in [-0.1, -0.05) is 59.4 Å². The van der Waals surface area contributed by atoms with Crippen LogP contribution in [0.3, 0.4) is 0 Å². The highest BCUT2D eigenvalue weighted by Crippen LogP contribution is 2.27. The predicted octanol–water partition coefficient (Wildman–Crippen LogP) is 4.49. The van der Waals surface area contributed by atoms with Gasteiger partial charge in [0.25, 0.3) is 10.0 Å². The van der Waals surface area contributed by atoms with Crippen molar-refractivity contribution in [1.29, 1.82) is 0 Å². The Morgan fingerprint density at radius 3 is 2.30 bits per heavy atom. The molecule has 0 bridgehead atoms. The first-order valence-corrected chi connectivity index (χ1v) is 12.1. The Bertz CT molecular complexity index is 1360. The van der Waals surface area contributed by atoms with E-state index < -0.39 is 28.3 Å². The Morgan fingerprint density at radius 1 is 0.970 bits per heavy atom. The average molecular weight is 483 g/mol. The highest BCUT2D eigenvalue weighted by Gasteiger charge is 2.27. The monoisotopic (exact) mass is 482 g/mol. The lowest BCUT2D eigenvalue weighted by Gasteiger charge is -2.23. The van der Waals surface area contributed by atoms with E-state index in [9.17, 15) is 17.6 Å². The molecule has 0 fully saturated rings. The Labute approximate surface area is 194 Å². The minimum atomic E-state index is -4.08. The minimum Gasteiger partial charge on any atom is -0.299 e.